The van der Waals surface area contributed by atoms with Crippen LogP contribution >= 0.6 is 34.8 Å². The average Bonchev–Trinajstić information content (AvgIpc) is 2.80. The molecule has 0 spiro atoms. The average molecular weight is 478 g/mol. The maximum absolute atomic E-state index is 12.9. The van der Waals surface area contributed by atoms with Gasteiger partial charge in [-0.3, -0.25) is 4.79 Å². The van der Waals surface area contributed by atoms with Crippen molar-refractivity contribution in [1.29, 1.82) is 0 Å². The first-order valence-electron chi connectivity index (χ1n) is 9.48. The minimum absolute atomic E-state index is 0.00479. The van der Waals surface area contributed by atoms with Gasteiger partial charge in [0.25, 0.3) is 5.91 Å². The highest BCUT2D eigenvalue weighted by Gasteiger charge is 2.21. The molecule has 5 nitrogen and oxygen atoms in total. The highest BCUT2D eigenvalue weighted by atomic mass is 35.5. The molecule has 3 rings (SSSR count). The molecule has 0 saturated carbocycles. The highest BCUT2D eigenvalue weighted by molar-refractivity contribution is 6.48. The van der Waals surface area contributed by atoms with E-state index in [1.165, 1.54) is 6.20 Å². The van der Waals surface area contributed by atoms with Gasteiger partial charge in [0, 0.05) is 19.3 Å². The van der Waals surface area contributed by atoms with Gasteiger partial charge < -0.3 is 9.64 Å². The Hall–Kier alpha value is -2.60. The van der Waals surface area contributed by atoms with Crippen molar-refractivity contribution in [3.8, 4) is 0 Å². The number of aromatic nitrogens is 1. The molecule has 1 heterocycles. The molecule has 0 fully saturated rings. The van der Waals surface area contributed by atoms with E-state index in [4.69, 9.17) is 39.5 Å². The van der Waals surface area contributed by atoms with Crippen LogP contribution in [0.25, 0.3) is 0 Å². The first kappa shape index (κ1) is 23.1. The third-order valence-electron chi connectivity index (χ3n) is 4.52. The van der Waals surface area contributed by atoms with E-state index in [1.807, 2.05) is 60.7 Å². The summed E-state index contributed by atoms with van der Waals surface area (Å²) < 4.78 is 5.16. The van der Waals surface area contributed by atoms with E-state index in [1.54, 1.807) is 4.90 Å². The molecule has 3 aromatic rings. The second-order valence-corrected chi connectivity index (χ2v) is 7.86. The van der Waals surface area contributed by atoms with Crippen LogP contribution in [-0.2, 0) is 22.5 Å². The molecule has 0 atom stereocenters. The van der Waals surface area contributed by atoms with Crippen LogP contribution in [0.4, 0.5) is 0 Å². The van der Waals surface area contributed by atoms with Crippen LogP contribution in [0.2, 0.25) is 15.1 Å². The lowest BCUT2D eigenvalue weighted by Gasteiger charge is -2.23. The molecule has 8 heteroatoms. The molecule has 2 aromatic carbocycles. The maximum Gasteiger partial charge on any atom is 0.359 e. The molecule has 1 aromatic heterocycles. The molecule has 0 radical (unpaired) electrons. The fraction of sp³-hybridized carbons (Fsp3) is 0.174. The van der Waals surface area contributed by atoms with Gasteiger partial charge in [-0.05, 0) is 17.5 Å². The summed E-state index contributed by atoms with van der Waals surface area (Å²) in [7, 11) is 0. The second kappa shape index (κ2) is 11.1. The van der Waals surface area contributed by atoms with Crippen molar-refractivity contribution < 1.29 is 14.3 Å². The van der Waals surface area contributed by atoms with Crippen LogP contribution in [0.3, 0.4) is 0 Å². The van der Waals surface area contributed by atoms with Crippen molar-refractivity contribution in [2.75, 3.05) is 13.2 Å². The summed E-state index contributed by atoms with van der Waals surface area (Å²) >= 11 is 17.8. The van der Waals surface area contributed by atoms with E-state index in [9.17, 15) is 9.59 Å². The molecular weight excluding hydrogens is 459 g/mol. The molecule has 31 heavy (non-hydrogen) atoms. The van der Waals surface area contributed by atoms with Gasteiger partial charge >= 0.3 is 5.97 Å². The van der Waals surface area contributed by atoms with Crippen LogP contribution in [0.5, 0.6) is 0 Å². The van der Waals surface area contributed by atoms with Crippen LogP contribution in [0.15, 0.2) is 66.9 Å². The number of halogens is 3. The number of carbonyl (C=O) groups is 2. The van der Waals surface area contributed by atoms with Gasteiger partial charge in [0.2, 0.25) is 0 Å². The second-order valence-electron chi connectivity index (χ2n) is 6.70. The number of esters is 1. The van der Waals surface area contributed by atoms with Gasteiger partial charge in [0.1, 0.15) is 0 Å². The first-order valence-corrected chi connectivity index (χ1v) is 10.6. The van der Waals surface area contributed by atoms with Crippen molar-refractivity contribution in [3.05, 3.63) is 98.7 Å². The van der Waals surface area contributed by atoms with Crippen molar-refractivity contribution >= 4 is 46.7 Å². The van der Waals surface area contributed by atoms with Gasteiger partial charge in [-0.1, -0.05) is 95.5 Å². The molecule has 0 saturated heterocycles. The Morgan fingerprint density at radius 3 is 2.13 bits per heavy atom. The Morgan fingerprint density at radius 2 is 1.48 bits per heavy atom. The summed E-state index contributed by atoms with van der Waals surface area (Å²) in [6.45, 7) is 0.426. The van der Waals surface area contributed by atoms with Gasteiger partial charge in [-0.25, -0.2) is 9.78 Å². The number of nitrogens with zero attached hydrogens (tertiary/aromatic N) is 2. The summed E-state index contributed by atoms with van der Waals surface area (Å²) in [5.74, 6) is -1.18. The number of benzene rings is 2. The lowest BCUT2D eigenvalue weighted by Crippen LogP contribution is -2.36. The van der Waals surface area contributed by atoms with Crippen molar-refractivity contribution in [1.82, 2.24) is 9.88 Å². The summed E-state index contributed by atoms with van der Waals surface area (Å²) in [4.78, 5) is 30.7. The predicted octanol–water partition coefficient (Wildman–Crippen LogP) is 5.47. The molecule has 0 bridgehead atoms. The molecule has 1 amide bonds. The third kappa shape index (κ3) is 6.44. The Labute approximate surface area is 195 Å². The van der Waals surface area contributed by atoms with Gasteiger partial charge in [-0.2, -0.15) is 0 Å². The topological polar surface area (TPSA) is 59.5 Å². The van der Waals surface area contributed by atoms with E-state index < -0.39 is 12.6 Å². The van der Waals surface area contributed by atoms with Crippen LogP contribution in [-0.4, -0.2) is 34.9 Å². The monoisotopic (exact) mass is 476 g/mol. The molecule has 0 aliphatic heterocycles. The van der Waals surface area contributed by atoms with E-state index >= 15 is 0 Å². The number of hydrogen-bond donors (Lipinski definition) is 0. The van der Waals surface area contributed by atoms with E-state index in [0.717, 1.165) is 11.1 Å². The minimum atomic E-state index is -0.848. The zero-order chi connectivity index (χ0) is 22.2. The van der Waals surface area contributed by atoms with Crippen molar-refractivity contribution in [2.24, 2.45) is 0 Å². The molecule has 160 valence electrons. The summed E-state index contributed by atoms with van der Waals surface area (Å²) in [6.07, 6.45) is 1.88. The zero-order valence-corrected chi connectivity index (χ0v) is 18.7. The Balaban J connectivity index is 1.67. The largest absolute Gasteiger partial charge is 0.451 e. The van der Waals surface area contributed by atoms with Crippen LogP contribution in [0, 0.1) is 0 Å². The molecule has 0 aliphatic rings. The van der Waals surface area contributed by atoms with Crippen molar-refractivity contribution in [2.45, 2.75) is 13.0 Å². The fourth-order valence-electron chi connectivity index (χ4n) is 2.88. The minimum Gasteiger partial charge on any atom is -0.451 e. The SMILES string of the molecule is O=C(OCC(=O)N(CCc1ccccc1)Cc1ccccc1)c1ncc(Cl)c(Cl)c1Cl. The number of amides is 1. The highest BCUT2D eigenvalue weighted by Crippen LogP contribution is 2.31. The third-order valence-corrected chi connectivity index (χ3v) is 5.76. The van der Waals surface area contributed by atoms with Crippen LogP contribution in [0.1, 0.15) is 21.6 Å². The Morgan fingerprint density at radius 1 is 0.871 bits per heavy atom. The standard InChI is InChI=1S/C23H19Cl3N2O3/c24-18-13-27-22(21(26)20(18)25)23(30)31-15-19(29)28(14-17-9-5-2-6-10-17)12-11-16-7-3-1-4-8-16/h1-10,13H,11-12,14-15H2. The predicted molar refractivity (Wildman–Crippen MR) is 122 cm³/mol. The van der Waals surface area contributed by atoms with E-state index in [2.05, 4.69) is 4.98 Å². The zero-order valence-electron chi connectivity index (χ0n) is 16.4. The van der Waals surface area contributed by atoms with Gasteiger partial charge in [-0.15, -0.1) is 0 Å². The molecular formula is C23H19Cl3N2O3. The number of pyridine rings is 1. The summed E-state index contributed by atoms with van der Waals surface area (Å²) in [5.41, 5.74) is 1.89. The number of carbonyl (C=O) groups excluding carboxylic acids is 2. The van der Waals surface area contributed by atoms with Gasteiger partial charge in [0.15, 0.2) is 12.3 Å². The fourth-order valence-corrected chi connectivity index (χ4v) is 3.43. The normalized spacial score (nSPS) is 10.5. The Kier molecular flexibility index (Phi) is 8.29. The van der Waals surface area contributed by atoms with Crippen LogP contribution < -0.4 is 0 Å². The summed E-state index contributed by atoms with van der Waals surface area (Å²) in [5, 5.41) is 0.0104. The maximum atomic E-state index is 12.9. The first-order chi connectivity index (χ1) is 15.0. The number of ether oxygens (including phenoxy) is 1. The van der Waals surface area contributed by atoms with E-state index in [-0.39, 0.29) is 26.7 Å². The lowest BCUT2D eigenvalue weighted by atomic mass is 10.1. The lowest BCUT2D eigenvalue weighted by molar-refractivity contribution is -0.135. The molecule has 0 aliphatic carbocycles. The number of rotatable bonds is 8. The number of hydrogen-bond acceptors (Lipinski definition) is 4. The van der Waals surface area contributed by atoms with E-state index in [0.29, 0.717) is 19.5 Å². The summed E-state index contributed by atoms with van der Waals surface area (Å²) in [6, 6.07) is 19.5. The molecule has 0 unspecified atom stereocenters. The smallest absolute Gasteiger partial charge is 0.359 e. The Bertz CT molecular complexity index is 1050. The quantitative estimate of drug-likeness (QED) is 0.404. The molecule has 0 N–H and O–H groups in total. The van der Waals surface area contributed by atoms with Crippen molar-refractivity contribution in [3.63, 3.8) is 0 Å². The van der Waals surface area contributed by atoms with Gasteiger partial charge in [0.05, 0.1) is 15.1 Å².